The molecule has 2 aromatic rings. The van der Waals surface area contributed by atoms with Crippen LogP contribution in [0.3, 0.4) is 0 Å². The number of hydrogen-bond donors (Lipinski definition) is 2. The van der Waals surface area contributed by atoms with Crippen molar-refractivity contribution < 1.29 is 5.11 Å². The average Bonchev–Trinajstić information content (AvgIpc) is 2.48. The molecule has 0 heterocycles. The Labute approximate surface area is 121 Å². The highest BCUT2D eigenvalue weighted by atomic mass is 16.3. The summed E-state index contributed by atoms with van der Waals surface area (Å²) in [6, 6.07) is 14.7. The standard InChI is InChI=1S/C18H23NO/c1-4-14-6-8-15(9-7-14)17(5-2)19-16-10-11-18(20)13(3)12-16/h6-12,17,19-20H,4-5H2,1-3H3. The van der Waals surface area contributed by atoms with Gasteiger partial charge in [0.2, 0.25) is 0 Å². The molecule has 2 aromatic carbocycles. The zero-order valence-corrected chi connectivity index (χ0v) is 12.5. The largest absolute Gasteiger partial charge is 0.508 e. The summed E-state index contributed by atoms with van der Waals surface area (Å²) in [6.07, 6.45) is 2.09. The van der Waals surface area contributed by atoms with Crippen LogP contribution < -0.4 is 5.32 Å². The van der Waals surface area contributed by atoms with Crippen LogP contribution in [0.15, 0.2) is 42.5 Å². The first-order valence-corrected chi connectivity index (χ1v) is 7.29. The van der Waals surface area contributed by atoms with Crippen LogP contribution in [0.25, 0.3) is 0 Å². The summed E-state index contributed by atoms with van der Waals surface area (Å²) in [4.78, 5) is 0. The van der Waals surface area contributed by atoms with Crippen LogP contribution in [0.4, 0.5) is 5.69 Å². The second kappa shape index (κ2) is 6.47. The van der Waals surface area contributed by atoms with Gasteiger partial charge < -0.3 is 10.4 Å². The molecule has 0 bridgehead atoms. The predicted molar refractivity (Wildman–Crippen MR) is 85.3 cm³/mol. The summed E-state index contributed by atoms with van der Waals surface area (Å²) < 4.78 is 0. The monoisotopic (exact) mass is 269 g/mol. The molecule has 0 radical (unpaired) electrons. The molecule has 0 fully saturated rings. The molecule has 0 aromatic heterocycles. The summed E-state index contributed by atoms with van der Waals surface area (Å²) in [5.41, 5.74) is 4.61. The first kappa shape index (κ1) is 14.4. The van der Waals surface area contributed by atoms with Gasteiger partial charge in [-0.25, -0.2) is 0 Å². The van der Waals surface area contributed by atoms with Gasteiger partial charge in [0.25, 0.3) is 0 Å². The lowest BCUT2D eigenvalue weighted by Crippen LogP contribution is -2.09. The predicted octanol–water partition coefficient (Wildman–Crippen LogP) is 4.83. The van der Waals surface area contributed by atoms with Crippen molar-refractivity contribution in [2.75, 3.05) is 5.32 Å². The van der Waals surface area contributed by atoms with Gasteiger partial charge in [-0.3, -0.25) is 0 Å². The van der Waals surface area contributed by atoms with E-state index in [0.717, 1.165) is 24.1 Å². The van der Waals surface area contributed by atoms with Crippen LogP contribution >= 0.6 is 0 Å². The highest BCUT2D eigenvalue weighted by Gasteiger charge is 2.09. The Morgan fingerprint density at radius 3 is 2.30 bits per heavy atom. The molecule has 0 aliphatic rings. The van der Waals surface area contributed by atoms with E-state index in [9.17, 15) is 5.11 Å². The second-order valence-electron chi connectivity index (χ2n) is 5.20. The molecule has 20 heavy (non-hydrogen) atoms. The number of aromatic hydroxyl groups is 1. The fraction of sp³-hybridized carbons (Fsp3) is 0.333. The van der Waals surface area contributed by atoms with Crippen molar-refractivity contribution in [1.29, 1.82) is 0 Å². The molecule has 0 amide bonds. The van der Waals surface area contributed by atoms with Crippen LogP contribution in [-0.2, 0) is 6.42 Å². The molecule has 0 aliphatic heterocycles. The summed E-state index contributed by atoms with van der Waals surface area (Å²) in [5, 5.41) is 13.1. The molecule has 0 saturated heterocycles. The fourth-order valence-electron chi connectivity index (χ4n) is 2.35. The van der Waals surface area contributed by atoms with Crippen molar-refractivity contribution >= 4 is 5.69 Å². The van der Waals surface area contributed by atoms with Crippen LogP contribution in [0.5, 0.6) is 5.75 Å². The molecule has 2 heteroatoms. The third-order valence-electron chi connectivity index (χ3n) is 3.74. The Balaban J connectivity index is 2.16. The maximum absolute atomic E-state index is 9.58. The van der Waals surface area contributed by atoms with E-state index in [1.54, 1.807) is 6.07 Å². The van der Waals surface area contributed by atoms with Gasteiger partial charge in [-0.15, -0.1) is 0 Å². The molecule has 1 unspecified atom stereocenters. The van der Waals surface area contributed by atoms with Crippen LogP contribution in [0.2, 0.25) is 0 Å². The SMILES string of the molecule is CCc1ccc(C(CC)Nc2ccc(O)c(C)c2)cc1. The zero-order chi connectivity index (χ0) is 14.5. The van der Waals surface area contributed by atoms with Crippen molar-refractivity contribution in [1.82, 2.24) is 0 Å². The lowest BCUT2D eigenvalue weighted by Gasteiger charge is -2.19. The maximum atomic E-state index is 9.58. The van der Waals surface area contributed by atoms with Gasteiger partial charge in [-0.1, -0.05) is 38.1 Å². The minimum Gasteiger partial charge on any atom is -0.508 e. The smallest absolute Gasteiger partial charge is 0.118 e. The van der Waals surface area contributed by atoms with Gasteiger partial charge in [0, 0.05) is 5.69 Å². The third-order valence-corrected chi connectivity index (χ3v) is 3.74. The van der Waals surface area contributed by atoms with Crippen molar-refractivity contribution in [2.24, 2.45) is 0 Å². The topological polar surface area (TPSA) is 32.3 Å². The first-order valence-electron chi connectivity index (χ1n) is 7.29. The summed E-state index contributed by atoms with van der Waals surface area (Å²) in [6.45, 7) is 6.26. The van der Waals surface area contributed by atoms with Gasteiger partial charge in [0.15, 0.2) is 0 Å². The van der Waals surface area contributed by atoms with Crippen molar-refractivity contribution in [3.05, 3.63) is 59.2 Å². The Morgan fingerprint density at radius 1 is 1.05 bits per heavy atom. The van der Waals surface area contributed by atoms with Crippen LogP contribution in [-0.4, -0.2) is 5.11 Å². The number of rotatable bonds is 5. The van der Waals surface area contributed by atoms with Gasteiger partial charge in [0.1, 0.15) is 5.75 Å². The fourth-order valence-corrected chi connectivity index (χ4v) is 2.35. The van der Waals surface area contributed by atoms with Gasteiger partial charge in [0.05, 0.1) is 6.04 Å². The molecule has 0 aliphatic carbocycles. The first-order chi connectivity index (χ1) is 9.63. The van der Waals surface area contributed by atoms with E-state index in [4.69, 9.17) is 0 Å². The van der Waals surface area contributed by atoms with Gasteiger partial charge in [-0.2, -0.15) is 0 Å². The summed E-state index contributed by atoms with van der Waals surface area (Å²) >= 11 is 0. The molecule has 0 spiro atoms. The normalized spacial score (nSPS) is 12.2. The molecule has 1 atom stereocenters. The molecule has 2 nitrogen and oxygen atoms in total. The Bertz CT molecular complexity index is 560. The zero-order valence-electron chi connectivity index (χ0n) is 12.5. The highest BCUT2D eigenvalue weighted by molar-refractivity contribution is 5.51. The van der Waals surface area contributed by atoms with Crippen molar-refractivity contribution in [3.8, 4) is 5.75 Å². The minimum absolute atomic E-state index is 0.296. The van der Waals surface area contributed by atoms with Crippen LogP contribution in [0.1, 0.15) is 43.0 Å². The van der Waals surface area contributed by atoms with E-state index in [1.165, 1.54) is 11.1 Å². The lowest BCUT2D eigenvalue weighted by atomic mass is 10.0. The number of phenols is 1. The van der Waals surface area contributed by atoms with Gasteiger partial charge in [-0.05, 0) is 54.7 Å². The molecule has 0 saturated carbocycles. The summed E-state index contributed by atoms with van der Waals surface area (Å²) in [7, 11) is 0. The Kier molecular flexibility index (Phi) is 4.67. The summed E-state index contributed by atoms with van der Waals surface area (Å²) in [5.74, 6) is 0.343. The van der Waals surface area contributed by atoms with E-state index in [2.05, 4.69) is 43.4 Å². The number of benzene rings is 2. The third kappa shape index (κ3) is 3.32. The molecular formula is C18H23NO. The van der Waals surface area contributed by atoms with E-state index in [1.807, 2.05) is 19.1 Å². The number of phenolic OH excluding ortho intramolecular Hbond substituents is 1. The van der Waals surface area contributed by atoms with Gasteiger partial charge >= 0.3 is 0 Å². The van der Waals surface area contributed by atoms with Crippen molar-refractivity contribution in [3.63, 3.8) is 0 Å². The van der Waals surface area contributed by atoms with E-state index < -0.39 is 0 Å². The number of nitrogens with one attached hydrogen (secondary N) is 1. The van der Waals surface area contributed by atoms with E-state index >= 15 is 0 Å². The number of aryl methyl sites for hydroxylation is 2. The lowest BCUT2D eigenvalue weighted by molar-refractivity contribution is 0.471. The quantitative estimate of drug-likeness (QED) is 0.762. The Hall–Kier alpha value is -1.96. The second-order valence-corrected chi connectivity index (χ2v) is 5.20. The van der Waals surface area contributed by atoms with E-state index in [-0.39, 0.29) is 0 Å². The number of anilines is 1. The highest BCUT2D eigenvalue weighted by Crippen LogP contribution is 2.26. The maximum Gasteiger partial charge on any atom is 0.118 e. The van der Waals surface area contributed by atoms with Crippen LogP contribution in [0, 0.1) is 6.92 Å². The molecular weight excluding hydrogens is 246 g/mol. The molecule has 2 N–H and O–H groups in total. The Morgan fingerprint density at radius 2 is 1.75 bits per heavy atom. The van der Waals surface area contributed by atoms with E-state index in [0.29, 0.717) is 11.8 Å². The molecule has 2 rings (SSSR count). The molecule has 106 valence electrons. The minimum atomic E-state index is 0.296. The van der Waals surface area contributed by atoms with Crippen molar-refractivity contribution in [2.45, 2.75) is 39.7 Å². The average molecular weight is 269 g/mol. The number of hydrogen-bond acceptors (Lipinski definition) is 2.